The molecular weight excluding hydrogens is 360 g/mol. The van der Waals surface area contributed by atoms with Crippen LogP contribution < -0.4 is 10.6 Å². The van der Waals surface area contributed by atoms with E-state index in [1.807, 2.05) is 36.4 Å². The van der Waals surface area contributed by atoms with Gasteiger partial charge in [0.2, 0.25) is 5.91 Å². The molecule has 0 unspecified atom stereocenters. The second-order valence-electron chi connectivity index (χ2n) is 6.19. The molecule has 2 N–H and O–H groups in total. The molecule has 0 saturated carbocycles. The third kappa shape index (κ3) is 6.14. The van der Waals surface area contributed by atoms with Crippen molar-refractivity contribution in [2.75, 3.05) is 6.54 Å². The zero-order valence-electron chi connectivity index (χ0n) is 15.4. The van der Waals surface area contributed by atoms with E-state index in [2.05, 4.69) is 10.6 Å². The van der Waals surface area contributed by atoms with Crippen LogP contribution in [0.25, 0.3) is 0 Å². The van der Waals surface area contributed by atoms with Crippen molar-refractivity contribution in [1.29, 1.82) is 0 Å². The van der Waals surface area contributed by atoms with Crippen molar-refractivity contribution in [2.24, 2.45) is 0 Å². The lowest BCUT2D eigenvalue weighted by molar-refractivity contribution is -0.121. The smallest absolute Gasteiger partial charge is 0.254 e. The summed E-state index contributed by atoms with van der Waals surface area (Å²) in [6, 6.07) is 13.1. The summed E-state index contributed by atoms with van der Waals surface area (Å²) in [4.78, 5) is 23.7. The molecule has 0 bridgehead atoms. The van der Waals surface area contributed by atoms with Gasteiger partial charge in [0.05, 0.1) is 24.7 Å². The van der Waals surface area contributed by atoms with Crippen molar-refractivity contribution in [2.45, 2.75) is 26.2 Å². The first-order valence-corrected chi connectivity index (χ1v) is 8.96. The Labute approximate surface area is 162 Å². The van der Waals surface area contributed by atoms with Crippen LogP contribution >= 0.6 is 0 Å². The number of hydrogen-bond donors (Lipinski definition) is 2. The van der Waals surface area contributed by atoms with Gasteiger partial charge in [-0.25, -0.2) is 0 Å². The topological polar surface area (TPSA) is 93.7 Å². The summed E-state index contributed by atoms with van der Waals surface area (Å²) < 4.78 is 15.7. The van der Waals surface area contributed by atoms with E-state index >= 15 is 0 Å². The second-order valence-corrected chi connectivity index (χ2v) is 6.19. The summed E-state index contributed by atoms with van der Waals surface area (Å²) in [5.74, 6) is 0.388. The minimum Gasteiger partial charge on any atom is -0.472 e. The van der Waals surface area contributed by atoms with Gasteiger partial charge in [-0.3, -0.25) is 9.59 Å². The summed E-state index contributed by atoms with van der Waals surface area (Å²) in [5, 5.41) is 5.52. The fraction of sp³-hybridized carbons (Fsp3) is 0.238. The Morgan fingerprint density at radius 1 is 0.964 bits per heavy atom. The first kappa shape index (κ1) is 19.4. The molecule has 0 saturated heterocycles. The molecular formula is C21H22N2O5. The minimum absolute atomic E-state index is 0.132. The first-order chi connectivity index (χ1) is 13.7. The summed E-state index contributed by atoms with van der Waals surface area (Å²) >= 11 is 0. The molecule has 2 aromatic heterocycles. The minimum atomic E-state index is -0.260. The molecule has 2 heterocycles. The van der Waals surface area contributed by atoms with Gasteiger partial charge in [-0.15, -0.1) is 0 Å². The third-order valence-corrected chi connectivity index (χ3v) is 4.00. The van der Waals surface area contributed by atoms with Gasteiger partial charge in [0.1, 0.15) is 18.6 Å². The highest BCUT2D eigenvalue weighted by Crippen LogP contribution is 2.09. The molecule has 0 radical (unpaired) electrons. The summed E-state index contributed by atoms with van der Waals surface area (Å²) in [5.41, 5.74) is 2.44. The van der Waals surface area contributed by atoms with Gasteiger partial charge in [0.15, 0.2) is 0 Å². The molecule has 3 rings (SSSR count). The standard InChI is InChI=1S/C21H22N2O5/c24-20(6-8-22-21(25)18-7-10-26-14-18)23-12-16-3-1-4-17(11-16)13-27-15-19-5-2-9-28-19/h1-5,7,9-11,14H,6,8,12-13,15H2,(H,22,25)(H,23,24). The maximum absolute atomic E-state index is 12.0. The summed E-state index contributed by atoms with van der Waals surface area (Å²) in [7, 11) is 0. The summed E-state index contributed by atoms with van der Waals surface area (Å²) in [6.07, 6.45) is 4.61. The average Bonchev–Trinajstić information content (AvgIpc) is 3.41. The van der Waals surface area contributed by atoms with Crippen LogP contribution in [0.5, 0.6) is 0 Å². The lowest BCUT2D eigenvalue weighted by Crippen LogP contribution is -2.30. The largest absolute Gasteiger partial charge is 0.472 e. The van der Waals surface area contributed by atoms with E-state index in [-0.39, 0.29) is 24.8 Å². The maximum Gasteiger partial charge on any atom is 0.254 e. The lowest BCUT2D eigenvalue weighted by Gasteiger charge is -2.08. The predicted octanol–water partition coefficient (Wildman–Crippen LogP) is 3.03. The highest BCUT2D eigenvalue weighted by molar-refractivity contribution is 5.94. The number of furan rings is 2. The monoisotopic (exact) mass is 382 g/mol. The zero-order chi connectivity index (χ0) is 19.6. The van der Waals surface area contributed by atoms with Gasteiger partial charge >= 0.3 is 0 Å². The molecule has 0 aliphatic heterocycles. The molecule has 7 heteroatoms. The molecule has 28 heavy (non-hydrogen) atoms. The molecule has 1 aromatic carbocycles. The highest BCUT2D eigenvalue weighted by atomic mass is 16.5. The van der Waals surface area contributed by atoms with Crippen LogP contribution in [0.15, 0.2) is 70.1 Å². The Morgan fingerprint density at radius 2 is 1.86 bits per heavy atom. The molecule has 0 fully saturated rings. The van der Waals surface area contributed by atoms with E-state index in [0.717, 1.165) is 16.9 Å². The van der Waals surface area contributed by atoms with Crippen LogP contribution in [0.3, 0.4) is 0 Å². The van der Waals surface area contributed by atoms with Gasteiger partial charge in [-0.2, -0.15) is 0 Å². The van der Waals surface area contributed by atoms with Crippen molar-refractivity contribution in [3.63, 3.8) is 0 Å². The number of carbonyl (C=O) groups is 2. The number of amides is 2. The Balaban J connectivity index is 1.35. The van der Waals surface area contributed by atoms with Crippen LogP contribution in [0.4, 0.5) is 0 Å². The number of rotatable bonds is 10. The zero-order valence-corrected chi connectivity index (χ0v) is 15.4. The fourth-order valence-corrected chi connectivity index (χ4v) is 2.57. The molecule has 146 valence electrons. The summed E-state index contributed by atoms with van der Waals surface area (Å²) in [6.45, 7) is 1.55. The Morgan fingerprint density at radius 3 is 2.64 bits per heavy atom. The molecule has 7 nitrogen and oxygen atoms in total. The van der Waals surface area contributed by atoms with E-state index < -0.39 is 0 Å². The van der Waals surface area contributed by atoms with E-state index in [1.165, 1.54) is 12.5 Å². The number of benzene rings is 1. The van der Waals surface area contributed by atoms with Crippen LogP contribution in [0, 0.1) is 0 Å². The lowest BCUT2D eigenvalue weighted by atomic mass is 10.1. The Bertz CT molecular complexity index is 872. The van der Waals surface area contributed by atoms with Gasteiger partial charge in [-0.1, -0.05) is 24.3 Å². The van der Waals surface area contributed by atoms with Crippen LogP contribution in [-0.2, 0) is 29.3 Å². The maximum atomic E-state index is 12.0. The Hall–Kier alpha value is -3.32. The van der Waals surface area contributed by atoms with E-state index in [1.54, 1.807) is 12.3 Å². The van der Waals surface area contributed by atoms with E-state index in [9.17, 15) is 9.59 Å². The van der Waals surface area contributed by atoms with Crippen molar-refractivity contribution in [1.82, 2.24) is 10.6 Å². The third-order valence-electron chi connectivity index (χ3n) is 4.00. The molecule has 2 amide bonds. The first-order valence-electron chi connectivity index (χ1n) is 8.96. The number of carbonyl (C=O) groups excluding carboxylic acids is 2. The Kier molecular flexibility index (Phi) is 7.03. The number of hydrogen-bond acceptors (Lipinski definition) is 5. The molecule has 0 aliphatic rings. The van der Waals surface area contributed by atoms with Crippen LogP contribution in [0.2, 0.25) is 0 Å². The highest BCUT2D eigenvalue weighted by Gasteiger charge is 2.07. The second kappa shape index (κ2) is 10.1. The van der Waals surface area contributed by atoms with Crippen molar-refractivity contribution >= 4 is 11.8 Å². The van der Waals surface area contributed by atoms with E-state index in [0.29, 0.717) is 25.3 Å². The molecule has 0 atom stereocenters. The van der Waals surface area contributed by atoms with Crippen molar-refractivity contribution in [3.8, 4) is 0 Å². The van der Waals surface area contributed by atoms with Crippen LogP contribution in [0.1, 0.15) is 33.7 Å². The van der Waals surface area contributed by atoms with Gasteiger partial charge in [0.25, 0.3) is 5.91 Å². The fourth-order valence-electron chi connectivity index (χ4n) is 2.57. The average molecular weight is 382 g/mol. The predicted molar refractivity (Wildman–Crippen MR) is 101 cm³/mol. The quantitative estimate of drug-likeness (QED) is 0.562. The normalized spacial score (nSPS) is 10.6. The SMILES string of the molecule is O=C(CCNC(=O)c1ccoc1)NCc1cccc(COCc2ccco2)c1. The number of nitrogens with one attached hydrogen (secondary N) is 2. The molecule has 0 spiro atoms. The van der Waals surface area contributed by atoms with Crippen LogP contribution in [-0.4, -0.2) is 18.4 Å². The van der Waals surface area contributed by atoms with Gasteiger partial charge in [0, 0.05) is 19.5 Å². The number of ether oxygens (including phenoxy) is 1. The van der Waals surface area contributed by atoms with Crippen molar-refractivity contribution < 1.29 is 23.2 Å². The van der Waals surface area contributed by atoms with E-state index in [4.69, 9.17) is 13.6 Å². The molecule has 0 aliphatic carbocycles. The molecule has 3 aromatic rings. The van der Waals surface area contributed by atoms with Crippen molar-refractivity contribution in [3.05, 3.63) is 83.7 Å². The van der Waals surface area contributed by atoms with Gasteiger partial charge < -0.3 is 24.2 Å². The van der Waals surface area contributed by atoms with Gasteiger partial charge in [-0.05, 0) is 29.3 Å².